The van der Waals surface area contributed by atoms with Crippen LogP contribution in [0.3, 0.4) is 0 Å². The number of halogens is 1. The number of amides is 1. The Labute approximate surface area is 133 Å². The maximum absolute atomic E-state index is 13.9. The van der Waals surface area contributed by atoms with Crippen molar-refractivity contribution in [2.45, 2.75) is 25.8 Å². The average Bonchev–Trinajstić information content (AvgIpc) is 2.57. The second-order valence-electron chi connectivity index (χ2n) is 5.84. The minimum atomic E-state index is -0.565. The van der Waals surface area contributed by atoms with Crippen LogP contribution in [-0.4, -0.2) is 26.9 Å². The summed E-state index contributed by atoms with van der Waals surface area (Å²) in [6, 6.07) is 6.31. The monoisotopic (exact) mass is 315 g/mol. The van der Waals surface area contributed by atoms with Crippen molar-refractivity contribution in [2.24, 2.45) is 7.05 Å². The number of hydrogen-bond donors (Lipinski definition) is 0. The molecule has 2 heterocycles. The largest absolute Gasteiger partial charge is 0.336 e. The number of fused-ring (bicyclic) bond motifs is 1. The van der Waals surface area contributed by atoms with Gasteiger partial charge in [-0.3, -0.25) is 9.59 Å². The Hall–Kier alpha value is -2.50. The van der Waals surface area contributed by atoms with Gasteiger partial charge in [-0.25, -0.2) is 9.37 Å². The number of carbonyl (C=O) groups is 1. The van der Waals surface area contributed by atoms with Gasteiger partial charge in [0, 0.05) is 19.2 Å². The first-order valence-corrected chi connectivity index (χ1v) is 7.55. The first kappa shape index (κ1) is 15.4. The molecule has 0 fully saturated rings. The first-order valence-electron chi connectivity index (χ1n) is 7.55. The van der Waals surface area contributed by atoms with Gasteiger partial charge in [0.1, 0.15) is 5.82 Å². The molecule has 1 amide bonds. The summed E-state index contributed by atoms with van der Waals surface area (Å²) in [4.78, 5) is 30.6. The van der Waals surface area contributed by atoms with E-state index in [1.807, 2.05) is 0 Å². The van der Waals surface area contributed by atoms with Crippen LogP contribution in [0.4, 0.5) is 4.39 Å². The van der Waals surface area contributed by atoms with E-state index in [1.165, 1.54) is 17.0 Å². The van der Waals surface area contributed by atoms with Crippen LogP contribution in [0.25, 0.3) is 0 Å². The zero-order valence-electron chi connectivity index (χ0n) is 13.1. The van der Waals surface area contributed by atoms with Crippen molar-refractivity contribution in [1.29, 1.82) is 0 Å². The van der Waals surface area contributed by atoms with Gasteiger partial charge in [0.2, 0.25) is 5.91 Å². The number of aryl methyl sites for hydroxylation is 1. The molecule has 6 heteroatoms. The van der Waals surface area contributed by atoms with E-state index in [1.54, 1.807) is 37.1 Å². The lowest BCUT2D eigenvalue weighted by atomic mass is 9.97. The van der Waals surface area contributed by atoms with Crippen LogP contribution < -0.4 is 5.56 Å². The molecule has 0 N–H and O–H groups in total. The standard InChI is InChI=1S/C17H18FN3O2/c1-11(12-5-3-4-6-14(12)18)16(22)21-8-7-13-15(9-21)19-10-20(2)17(13)23/h3-6,10-11H,7-9H2,1-2H3/t11-/m0/s1. The number of carbonyl (C=O) groups excluding carboxylic acids is 1. The smallest absolute Gasteiger partial charge is 0.256 e. The summed E-state index contributed by atoms with van der Waals surface area (Å²) >= 11 is 0. The van der Waals surface area contributed by atoms with E-state index < -0.39 is 5.92 Å². The third-order valence-electron chi connectivity index (χ3n) is 4.34. The Kier molecular flexibility index (Phi) is 3.98. The van der Waals surface area contributed by atoms with Crippen molar-refractivity contribution < 1.29 is 9.18 Å². The van der Waals surface area contributed by atoms with Crippen LogP contribution in [0.5, 0.6) is 0 Å². The minimum absolute atomic E-state index is 0.0655. The molecule has 1 atom stereocenters. The van der Waals surface area contributed by atoms with Crippen LogP contribution >= 0.6 is 0 Å². The van der Waals surface area contributed by atoms with E-state index >= 15 is 0 Å². The molecule has 0 aliphatic carbocycles. The molecular weight excluding hydrogens is 297 g/mol. The van der Waals surface area contributed by atoms with Gasteiger partial charge in [0.05, 0.1) is 24.5 Å². The topological polar surface area (TPSA) is 55.2 Å². The highest BCUT2D eigenvalue weighted by atomic mass is 19.1. The molecule has 1 aliphatic heterocycles. The van der Waals surface area contributed by atoms with Gasteiger partial charge in [-0.1, -0.05) is 18.2 Å². The molecule has 23 heavy (non-hydrogen) atoms. The Morgan fingerprint density at radius 1 is 1.35 bits per heavy atom. The lowest BCUT2D eigenvalue weighted by Crippen LogP contribution is -2.41. The van der Waals surface area contributed by atoms with E-state index in [-0.39, 0.29) is 17.3 Å². The predicted octanol–water partition coefficient (Wildman–Crippen LogP) is 1.61. The number of rotatable bonds is 2. The summed E-state index contributed by atoms with van der Waals surface area (Å²) in [6.45, 7) is 2.45. The maximum atomic E-state index is 13.9. The number of aromatic nitrogens is 2. The molecule has 0 radical (unpaired) electrons. The molecule has 0 spiro atoms. The van der Waals surface area contributed by atoms with Gasteiger partial charge < -0.3 is 9.47 Å². The molecule has 2 aromatic rings. The van der Waals surface area contributed by atoms with E-state index in [0.717, 1.165) is 0 Å². The number of nitrogens with zero attached hydrogens (tertiary/aromatic N) is 3. The van der Waals surface area contributed by atoms with Crippen molar-refractivity contribution in [3.63, 3.8) is 0 Å². The Morgan fingerprint density at radius 3 is 2.83 bits per heavy atom. The van der Waals surface area contributed by atoms with Crippen molar-refractivity contribution in [3.05, 3.63) is 63.6 Å². The second-order valence-corrected chi connectivity index (χ2v) is 5.84. The third kappa shape index (κ3) is 2.76. The molecule has 1 aromatic heterocycles. The zero-order chi connectivity index (χ0) is 16.6. The van der Waals surface area contributed by atoms with Crippen molar-refractivity contribution in [2.75, 3.05) is 6.54 Å². The fourth-order valence-corrected chi connectivity index (χ4v) is 2.94. The molecule has 120 valence electrons. The fourth-order valence-electron chi connectivity index (χ4n) is 2.94. The van der Waals surface area contributed by atoms with E-state index in [9.17, 15) is 14.0 Å². The highest BCUT2D eigenvalue weighted by Gasteiger charge is 2.28. The van der Waals surface area contributed by atoms with Crippen LogP contribution in [0.2, 0.25) is 0 Å². The molecule has 1 aliphatic rings. The Morgan fingerprint density at radius 2 is 2.09 bits per heavy atom. The van der Waals surface area contributed by atoms with E-state index in [0.29, 0.717) is 36.3 Å². The average molecular weight is 315 g/mol. The molecule has 3 rings (SSSR count). The Balaban J connectivity index is 1.83. The van der Waals surface area contributed by atoms with Gasteiger partial charge in [0.25, 0.3) is 5.56 Å². The number of benzene rings is 1. The van der Waals surface area contributed by atoms with Crippen LogP contribution in [-0.2, 0) is 24.8 Å². The summed E-state index contributed by atoms with van der Waals surface area (Å²) in [7, 11) is 1.66. The predicted molar refractivity (Wildman–Crippen MR) is 83.4 cm³/mol. The SMILES string of the molecule is C[C@H](C(=O)N1CCc2c(ncn(C)c2=O)C1)c1ccccc1F. The summed E-state index contributed by atoms with van der Waals surface area (Å²) < 4.78 is 15.3. The fraction of sp³-hybridized carbons (Fsp3) is 0.353. The highest BCUT2D eigenvalue weighted by Crippen LogP contribution is 2.23. The minimum Gasteiger partial charge on any atom is -0.336 e. The van der Waals surface area contributed by atoms with Gasteiger partial charge in [-0.15, -0.1) is 0 Å². The van der Waals surface area contributed by atoms with E-state index in [4.69, 9.17) is 0 Å². The van der Waals surface area contributed by atoms with Crippen LogP contribution in [0.15, 0.2) is 35.4 Å². The first-order chi connectivity index (χ1) is 11.0. The molecule has 0 unspecified atom stereocenters. The van der Waals surface area contributed by atoms with Crippen molar-refractivity contribution in [1.82, 2.24) is 14.5 Å². The summed E-state index contributed by atoms with van der Waals surface area (Å²) in [5, 5.41) is 0. The Bertz CT molecular complexity index is 816. The van der Waals surface area contributed by atoms with Crippen molar-refractivity contribution in [3.8, 4) is 0 Å². The quantitative estimate of drug-likeness (QED) is 0.846. The molecule has 0 bridgehead atoms. The zero-order valence-corrected chi connectivity index (χ0v) is 13.1. The summed E-state index contributed by atoms with van der Waals surface area (Å²) in [5.41, 5.74) is 1.62. The van der Waals surface area contributed by atoms with Gasteiger partial charge >= 0.3 is 0 Å². The number of hydrogen-bond acceptors (Lipinski definition) is 3. The molecule has 0 saturated heterocycles. The third-order valence-corrected chi connectivity index (χ3v) is 4.34. The second kappa shape index (κ2) is 5.95. The molecule has 5 nitrogen and oxygen atoms in total. The highest BCUT2D eigenvalue weighted by molar-refractivity contribution is 5.83. The lowest BCUT2D eigenvalue weighted by molar-refractivity contribution is -0.133. The van der Waals surface area contributed by atoms with Crippen LogP contribution in [0, 0.1) is 5.82 Å². The van der Waals surface area contributed by atoms with Gasteiger partial charge in [-0.05, 0) is 25.0 Å². The molecular formula is C17H18FN3O2. The summed E-state index contributed by atoms with van der Waals surface area (Å²) in [5.74, 6) is -1.09. The van der Waals surface area contributed by atoms with E-state index in [2.05, 4.69) is 4.98 Å². The van der Waals surface area contributed by atoms with Crippen molar-refractivity contribution >= 4 is 5.91 Å². The molecule has 1 aromatic carbocycles. The lowest BCUT2D eigenvalue weighted by Gasteiger charge is -2.30. The summed E-state index contributed by atoms with van der Waals surface area (Å²) in [6.07, 6.45) is 1.95. The molecule has 0 saturated carbocycles. The normalized spacial score (nSPS) is 15.2. The van der Waals surface area contributed by atoms with Gasteiger partial charge in [-0.2, -0.15) is 0 Å². The maximum Gasteiger partial charge on any atom is 0.256 e. The van der Waals surface area contributed by atoms with Crippen LogP contribution in [0.1, 0.15) is 29.7 Å². The van der Waals surface area contributed by atoms with Gasteiger partial charge in [0.15, 0.2) is 0 Å².